The molecule has 0 aliphatic rings. The maximum Gasteiger partial charge on any atom is 0.472 e. The van der Waals surface area contributed by atoms with Gasteiger partial charge in [0.25, 0.3) is 0 Å². The normalized spacial score (nSPS) is 13.9. The van der Waals surface area contributed by atoms with Crippen LogP contribution in [-0.4, -0.2) is 74.9 Å². The Kier molecular flexibility index (Phi) is 69.9. The molecule has 2 atom stereocenters. The van der Waals surface area contributed by atoms with Gasteiger partial charge in [-0.1, -0.05) is 339 Å². The zero-order valence-corrected chi connectivity index (χ0v) is 62.3. The largest absolute Gasteiger partial charge is 0.472 e. The van der Waals surface area contributed by atoms with Crippen molar-refractivity contribution in [1.82, 2.24) is 0 Å². The summed E-state index contributed by atoms with van der Waals surface area (Å²) in [6.45, 7) is 4.22. The molecule has 0 saturated heterocycles. The van der Waals surface area contributed by atoms with E-state index in [0.717, 1.165) is 122 Å². The quantitative estimate of drug-likeness (QED) is 0.0211. The van der Waals surface area contributed by atoms with Gasteiger partial charge >= 0.3 is 19.8 Å². The molecule has 2 unspecified atom stereocenters. The van der Waals surface area contributed by atoms with Crippen LogP contribution < -0.4 is 0 Å². The minimum atomic E-state index is -4.41. The predicted octanol–water partition coefficient (Wildman–Crippen LogP) is 25.7. The first kappa shape index (κ1) is 89.9. The lowest BCUT2D eigenvalue weighted by atomic mass is 10.0. The van der Waals surface area contributed by atoms with E-state index < -0.39 is 26.5 Å². The maximum atomic E-state index is 12.9. The van der Waals surface area contributed by atoms with Crippen LogP contribution in [0.2, 0.25) is 0 Å². The molecule has 94 heavy (non-hydrogen) atoms. The SMILES string of the molecule is CC/C=C\C/C=C\C/C=C\C/C=C\C/C=C\C/C=C\C/C=C\C/C=C\CCCCCCCCCCC(=O)OC(COC(=O)CCCCCCCCCCCCCCCCCCCCCCCCCC/C=C\C/C=C\C/C=C\C/C=C\CC)COP(=O)(O)OCC[N+](C)(C)C. The van der Waals surface area contributed by atoms with Crippen molar-refractivity contribution >= 4 is 19.8 Å². The summed E-state index contributed by atoms with van der Waals surface area (Å²) < 4.78 is 34.8. The fraction of sp³-hybridized carbons (Fsp3) is 0.690. The molecule has 538 valence electrons. The lowest BCUT2D eigenvalue weighted by Gasteiger charge is -2.24. The van der Waals surface area contributed by atoms with Crippen molar-refractivity contribution < 1.29 is 42.1 Å². The number of hydrogen-bond donors (Lipinski definition) is 1. The molecule has 9 nitrogen and oxygen atoms in total. The van der Waals surface area contributed by atoms with Gasteiger partial charge in [-0.15, -0.1) is 0 Å². The van der Waals surface area contributed by atoms with Crippen LogP contribution in [0, 0.1) is 0 Å². The van der Waals surface area contributed by atoms with Gasteiger partial charge in [-0.25, -0.2) is 4.57 Å². The van der Waals surface area contributed by atoms with Gasteiger partial charge < -0.3 is 18.9 Å². The molecule has 0 amide bonds. The zero-order valence-electron chi connectivity index (χ0n) is 61.4. The first-order chi connectivity index (χ1) is 46.0. The second-order valence-corrected chi connectivity index (χ2v) is 28.1. The minimum Gasteiger partial charge on any atom is -0.462 e. The number of likely N-dealkylation sites (N-methyl/N-ethyl adjacent to an activating group) is 1. The minimum absolute atomic E-state index is 0.0249. The monoisotopic (exact) mass is 1330 g/mol. The van der Waals surface area contributed by atoms with Crippen molar-refractivity contribution in [2.24, 2.45) is 0 Å². The number of hydrogen-bond acceptors (Lipinski definition) is 7. The molecule has 0 aliphatic carbocycles. The van der Waals surface area contributed by atoms with E-state index in [-0.39, 0.29) is 32.0 Å². The molecule has 0 aromatic rings. The fourth-order valence-corrected chi connectivity index (χ4v) is 11.3. The number of carbonyl (C=O) groups is 2. The molecule has 0 radical (unpaired) electrons. The predicted molar refractivity (Wildman–Crippen MR) is 408 cm³/mol. The van der Waals surface area contributed by atoms with Gasteiger partial charge in [0.2, 0.25) is 0 Å². The van der Waals surface area contributed by atoms with Gasteiger partial charge in [0.1, 0.15) is 19.8 Å². The molecule has 0 rings (SSSR count). The summed E-state index contributed by atoms with van der Waals surface area (Å²) in [6.07, 6.45) is 108. The highest BCUT2D eigenvalue weighted by atomic mass is 31.2. The Balaban J connectivity index is 4.02. The standard InChI is InChI=1S/C84H144NO8P/c1-6-8-10-12-14-16-18-20-22-24-26-28-30-32-34-36-38-40-41-42-43-45-46-48-50-52-54-56-58-60-62-64-66-68-70-72-74-76-83(86)90-80-82(81-92-94(88,89)91-79-78-85(3,4)5)93-84(87)77-75-73-71-69-67-65-63-61-59-57-55-53-51-49-47-44-39-37-35-33-31-29-27-25-23-21-19-17-15-13-11-9-7-2/h8-11,14-17,20-23,26-29,33,35,39,44,49,51,55,57,82H,6-7,12-13,18-19,24-25,30-32,34,36-38,40-43,45-48,50,52-54,56,58-81H2,1-5H3/p+1/b10-8-,11-9-,16-14-,17-15-,22-20-,23-21-,28-26-,29-27-,35-33-,44-39-,51-49-,57-55-. The van der Waals surface area contributed by atoms with Crippen molar-refractivity contribution in [2.75, 3.05) is 47.5 Å². The summed E-state index contributed by atoms with van der Waals surface area (Å²) in [7, 11) is 1.47. The van der Waals surface area contributed by atoms with E-state index in [1.165, 1.54) is 167 Å². The number of carbonyl (C=O) groups excluding carboxylic acids is 2. The smallest absolute Gasteiger partial charge is 0.462 e. The number of esters is 2. The number of rotatable bonds is 70. The average Bonchev–Trinajstić information content (AvgIpc) is 1.56. The van der Waals surface area contributed by atoms with Gasteiger partial charge in [0.15, 0.2) is 6.10 Å². The lowest BCUT2D eigenvalue weighted by Crippen LogP contribution is -2.37. The van der Waals surface area contributed by atoms with E-state index >= 15 is 0 Å². The van der Waals surface area contributed by atoms with E-state index in [0.29, 0.717) is 17.4 Å². The van der Waals surface area contributed by atoms with Crippen molar-refractivity contribution in [1.29, 1.82) is 0 Å². The summed E-state index contributed by atoms with van der Waals surface area (Å²) in [5.41, 5.74) is 0. The van der Waals surface area contributed by atoms with Gasteiger partial charge in [0.05, 0.1) is 27.7 Å². The molecular formula is C84H145NO8P+. The highest BCUT2D eigenvalue weighted by molar-refractivity contribution is 7.47. The van der Waals surface area contributed by atoms with Crippen LogP contribution in [0.4, 0.5) is 0 Å². The summed E-state index contributed by atoms with van der Waals surface area (Å²) in [6, 6.07) is 0. The van der Waals surface area contributed by atoms with Crippen LogP contribution in [0.25, 0.3) is 0 Å². The summed E-state index contributed by atoms with van der Waals surface area (Å²) in [5.74, 6) is -0.803. The first-order valence-corrected chi connectivity index (χ1v) is 40.1. The number of phosphoric acid groups is 1. The lowest BCUT2D eigenvalue weighted by molar-refractivity contribution is -0.870. The number of unbranched alkanes of at least 4 members (excludes halogenated alkanes) is 32. The van der Waals surface area contributed by atoms with E-state index in [9.17, 15) is 19.0 Å². The van der Waals surface area contributed by atoms with Gasteiger partial charge in [-0.2, -0.15) is 0 Å². The Bertz CT molecular complexity index is 2100. The number of phosphoric ester groups is 1. The number of nitrogens with zero attached hydrogens (tertiary/aromatic N) is 1. The summed E-state index contributed by atoms with van der Waals surface area (Å²) in [4.78, 5) is 36.0. The molecule has 10 heteroatoms. The van der Waals surface area contributed by atoms with Crippen LogP contribution in [0.1, 0.15) is 322 Å². The maximum absolute atomic E-state index is 12.9. The molecule has 1 N–H and O–H groups in total. The van der Waals surface area contributed by atoms with Gasteiger partial charge in [0, 0.05) is 12.8 Å². The summed E-state index contributed by atoms with van der Waals surface area (Å²) >= 11 is 0. The highest BCUT2D eigenvalue weighted by Crippen LogP contribution is 2.43. The molecule has 0 aliphatic heterocycles. The third-order valence-corrected chi connectivity index (χ3v) is 17.3. The van der Waals surface area contributed by atoms with Crippen LogP contribution in [-0.2, 0) is 32.7 Å². The van der Waals surface area contributed by atoms with Crippen molar-refractivity contribution in [3.8, 4) is 0 Å². The zero-order chi connectivity index (χ0) is 68.3. The third-order valence-electron chi connectivity index (χ3n) is 16.4. The number of ether oxygens (including phenoxy) is 2. The molecule has 0 saturated carbocycles. The third kappa shape index (κ3) is 76.9. The molecule has 0 fully saturated rings. The van der Waals surface area contributed by atoms with Crippen LogP contribution in [0.3, 0.4) is 0 Å². The second-order valence-electron chi connectivity index (χ2n) is 26.6. The van der Waals surface area contributed by atoms with Gasteiger partial charge in [-0.05, 0) is 116 Å². The van der Waals surface area contributed by atoms with Crippen LogP contribution in [0.15, 0.2) is 146 Å². The Labute approximate surface area is 580 Å². The van der Waals surface area contributed by atoms with Crippen molar-refractivity contribution in [2.45, 2.75) is 328 Å². The van der Waals surface area contributed by atoms with Crippen molar-refractivity contribution in [3.63, 3.8) is 0 Å². The molecule has 0 bridgehead atoms. The average molecular weight is 1330 g/mol. The molecule has 0 aromatic heterocycles. The van der Waals surface area contributed by atoms with E-state index in [1.54, 1.807) is 0 Å². The Morgan fingerprint density at radius 3 is 0.851 bits per heavy atom. The Morgan fingerprint density at radius 2 is 0.574 bits per heavy atom. The highest BCUT2D eigenvalue weighted by Gasteiger charge is 2.27. The Hall–Kier alpha value is -4.11. The number of quaternary nitrogens is 1. The van der Waals surface area contributed by atoms with Crippen molar-refractivity contribution in [3.05, 3.63) is 146 Å². The Morgan fingerprint density at radius 1 is 0.330 bits per heavy atom. The van der Waals surface area contributed by atoms with Crippen LogP contribution in [0.5, 0.6) is 0 Å². The first-order valence-electron chi connectivity index (χ1n) is 38.6. The molecular weight excluding hydrogens is 1180 g/mol. The molecule has 0 aromatic carbocycles. The van der Waals surface area contributed by atoms with E-state index in [4.69, 9.17) is 18.5 Å². The van der Waals surface area contributed by atoms with Crippen LogP contribution >= 0.6 is 7.82 Å². The molecule has 0 spiro atoms. The van der Waals surface area contributed by atoms with E-state index in [1.807, 2.05) is 21.1 Å². The molecule has 0 heterocycles. The second kappa shape index (κ2) is 73.1. The van der Waals surface area contributed by atoms with Gasteiger partial charge in [-0.3, -0.25) is 18.6 Å². The summed E-state index contributed by atoms with van der Waals surface area (Å²) in [5, 5.41) is 0. The number of allylic oxidation sites excluding steroid dienone is 24. The fourth-order valence-electron chi connectivity index (χ4n) is 10.6. The topological polar surface area (TPSA) is 108 Å². The van der Waals surface area contributed by atoms with E-state index in [2.05, 4.69) is 160 Å².